The average molecular weight is 302 g/mol. The molecule has 2 N–H and O–H groups in total. The van der Waals surface area contributed by atoms with Crippen LogP contribution in [0.15, 0.2) is 30.2 Å². The van der Waals surface area contributed by atoms with Crippen LogP contribution in [0, 0.1) is 0 Å². The standard InChI is InChI=1S/C14H18N6S/c1-2-4-15-11-10-20-8-6-18-14(20)13(19-11)17-5-3-12-16-7-9-21-12/h6-10,15H,2-5H2,1H3,(H,17,19). The predicted molar refractivity (Wildman–Crippen MR) is 86.1 cm³/mol. The summed E-state index contributed by atoms with van der Waals surface area (Å²) in [6.45, 7) is 3.84. The third kappa shape index (κ3) is 3.30. The highest BCUT2D eigenvalue weighted by Crippen LogP contribution is 2.16. The maximum atomic E-state index is 4.61. The molecule has 6 nitrogen and oxygen atoms in total. The number of anilines is 2. The van der Waals surface area contributed by atoms with Crippen LogP contribution in [-0.2, 0) is 6.42 Å². The van der Waals surface area contributed by atoms with Crippen LogP contribution in [0.25, 0.3) is 5.65 Å². The Morgan fingerprint density at radius 1 is 1.19 bits per heavy atom. The van der Waals surface area contributed by atoms with Gasteiger partial charge in [0.05, 0.1) is 11.2 Å². The van der Waals surface area contributed by atoms with Crippen LogP contribution in [0.2, 0.25) is 0 Å². The second-order valence-corrected chi connectivity index (χ2v) is 5.64. The van der Waals surface area contributed by atoms with Gasteiger partial charge in [-0.2, -0.15) is 0 Å². The van der Waals surface area contributed by atoms with E-state index in [1.54, 1.807) is 17.5 Å². The van der Waals surface area contributed by atoms with Gasteiger partial charge in [0.15, 0.2) is 11.5 Å². The van der Waals surface area contributed by atoms with Gasteiger partial charge in [0.25, 0.3) is 0 Å². The minimum atomic E-state index is 0.792. The smallest absolute Gasteiger partial charge is 0.180 e. The fourth-order valence-electron chi connectivity index (χ4n) is 2.05. The number of rotatable bonds is 7. The quantitative estimate of drug-likeness (QED) is 0.702. The second-order valence-electron chi connectivity index (χ2n) is 4.66. The third-order valence-electron chi connectivity index (χ3n) is 3.04. The lowest BCUT2D eigenvalue weighted by Crippen LogP contribution is -2.10. The summed E-state index contributed by atoms with van der Waals surface area (Å²) in [6, 6.07) is 0. The van der Waals surface area contributed by atoms with Gasteiger partial charge in [-0.05, 0) is 6.42 Å². The van der Waals surface area contributed by atoms with Gasteiger partial charge in [-0.15, -0.1) is 11.3 Å². The lowest BCUT2D eigenvalue weighted by Gasteiger charge is -2.10. The maximum Gasteiger partial charge on any atom is 0.180 e. The molecule has 7 heteroatoms. The fourth-order valence-corrected chi connectivity index (χ4v) is 2.67. The fraction of sp³-hybridized carbons (Fsp3) is 0.357. The van der Waals surface area contributed by atoms with Crippen LogP contribution in [0.1, 0.15) is 18.4 Å². The van der Waals surface area contributed by atoms with Gasteiger partial charge < -0.3 is 15.0 Å². The predicted octanol–water partition coefficient (Wildman–Crippen LogP) is 2.66. The van der Waals surface area contributed by atoms with Crippen molar-refractivity contribution in [3.63, 3.8) is 0 Å². The molecule has 0 saturated carbocycles. The molecule has 3 aromatic heterocycles. The zero-order valence-electron chi connectivity index (χ0n) is 11.9. The Morgan fingerprint density at radius 3 is 2.95 bits per heavy atom. The van der Waals surface area contributed by atoms with Gasteiger partial charge in [-0.25, -0.2) is 15.0 Å². The number of aromatic nitrogens is 4. The average Bonchev–Trinajstić information content (AvgIpc) is 3.15. The van der Waals surface area contributed by atoms with Crippen LogP contribution in [0.5, 0.6) is 0 Å². The summed E-state index contributed by atoms with van der Waals surface area (Å²) in [7, 11) is 0. The minimum absolute atomic E-state index is 0.792. The molecule has 0 atom stereocenters. The molecule has 0 aliphatic carbocycles. The summed E-state index contributed by atoms with van der Waals surface area (Å²) in [5.41, 5.74) is 0.844. The zero-order chi connectivity index (χ0) is 14.5. The molecule has 3 rings (SSSR count). The number of hydrogen-bond acceptors (Lipinski definition) is 6. The summed E-state index contributed by atoms with van der Waals surface area (Å²) in [5.74, 6) is 1.66. The molecule has 0 aromatic carbocycles. The number of thiazole rings is 1. The van der Waals surface area contributed by atoms with Crippen LogP contribution in [0.4, 0.5) is 11.6 Å². The molecule has 3 heterocycles. The first-order valence-corrected chi connectivity index (χ1v) is 7.94. The molecule has 0 aliphatic heterocycles. The Bertz CT molecular complexity index is 691. The normalized spacial score (nSPS) is 10.9. The summed E-state index contributed by atoms with van der Waals surface area (Å²) < 4.78 is 1.98. The Balaban J connectivity index is 1.74. The van der Waals surface area contributed by atoms with E-state index in [1.807, 2.05) is 28.4 Å². The van der Waals surface area contributed by atoms with Crippen LogP contribution >= 0.6 is 11.3 Å². The Hall–Kier alpha value is -2.15. The van der Waals surface area contributed by atoms with Gasteiger partial charge in [0, 0.05) is 43.5 Å². The molecule has 0 radical (unpaired) electrons. The summed E-state index contributed by atoms with van der Waals surface area (Å²) in [5, 5.41) is 9.79. The maximum absolute atomic E-state index is 4.61. The van der Waals surface area contributed by atoms with Crippen LogP contribution in [0.3, 0.4) is 0 Å². The first kappa shape index (κ1) is 13.8. The molecule has 0 aliphatic rings. The van der Waals surface area contributed by atoms with Gasteiger partial charge in [0.1, 0.15) is 5.82 Å². The van der Waals surface area contributed by atoms with Gasteiger partial charge in [-0.3, -0.25) is 0 Å². The van der Waals surface area contributed by atoms with Crippen LogP contribution < -0.4 is 10.6 Å². The first-order valence-electron chi connectivity index (χ1n) is 7.06. The molecule has 110 valence electrons. The van der Waals surface area contributed by atoms with Crippen LogP contribution in [-0.4, -0.2) is 32.4 Å². The number of nitrogens with zero attached hydrogens (tertiary/aromatic N) is 4. The topological polar surface area (TPSA) is 67.1 Å². The van der Waals surface area contributed by atoms with E-state index in [9.17, 15) is 0 Å². The summed E-state index contributed by atoms with van der Waals surface area (Å²) in [6.07, 6.45) is 9.46. The van der Waals surface area contributed by atoms with Crippen molar-refractivity contribution in [2.24, 2.45) is 0 Å². The lowest BCUT2D eigenvalue weighted by molar-refractivity contribution is 0.953. The van der Waals surface area contributed by atoms with Crippen molar-refractivity contribution in [3.05, 3.63) is 35.2 Å². The largest absolute Gasteiger partial charge is 0.369 e. The van der Waals surface area contributed by atoms with E-state index in [2.05, 4.69) is 32.5 Å². The van der Waals surface area contributed by atoms with E-state index in [0.717, 1.165) is 48.2 Å². The molecule has 21 heavy (non-hydrogen) atoms. The Labute approximate surface area is 127 Å². The van der Waals surface area contributed by atoms with Crippen molar-refractivity contribution in [3.8, 4) is 0 Å². The monoisotopic (exact) mass is 302 g/mol. The highest BCUT2D eigenvalue weighted by molar-refractivity contribution is 7.09. The van der Waals surface area contributed by atoms with E-state index < -0.39 is 0 Å². The molecule has 0 fully saturated rings. The molecular formula is C14H18N6S. The third-order valence-corrected chi connectivity index (χ3v) is 3.88. The molecule has 0 unspecified atom stereocenters. The molecule has 0 amide bonds. The molecule has 0 saturated heterocycles. The molecule has 0 bridgehead atoms. The number of nitrogens with one attached hydrogen (secondary N) is 2. The number of fused-ring (bicyclic) bond motifs is 1. The number of imidazole rings is 1. The van der Waals surface area contributed by atoms with Crippen molar-refractivity contribution in [1.29, 1.82) is 0 Å². The van der Waals surface area contributed by atoms with Gasteiger partial charge in [0.2, 0.25) is 0 Å². The van der Waals surface area contributed by atoms with Crippen molar-refractivity contribution in [2.75, 3.05) is 23.7 Å². The van der Waals surface area contributed by atoms with E-state index in [0.29, 0.717) is 0 Å². The van der Waals surface area contributed by atoms with E-state index in [4.69, 9.17) is 0 Å². The SMILES string of the molecule is CCCNc1cn2ccnc2c(NCCc2nccs2)n1. The van der Waals surface area contributed by atoms with Crippen molar-refractivity contribution < 1.29 is 0 Å². The first-order chi connectivity index (χ1) is 10.4. The van der Waals surface area contributed by atoms with Crippen molar-refractivity contribution in [2.45, 2.75) is 19.8 Å². The highest BCUT2D eigenvalue weighted by atomic mass is 32.1. The number of hydrogen-bond donors (Lipinski definition) is 2. The Morgan fingerprint density at radius 2 is 2.14 bits per heavy atom. The molecular weight excluding hydrogens is 284 g/mol. The van der Waals surface area contributed by atoms with Crippen molar-refractivity contribution in [1.82, 2.24) is 19.4 Å². The van der Waals surface area contributed by atoms with E-state index in [-0.39, 0.29) is 0 Å². The second kappa shape index (κ2) is 6.53. The molecule has 0 spiro atoms. The zero-order valence-corrected chi connectivity index (χ0v) is 12.7. The lowest BCUT2D eigenvalue weighted by atomic mass is 10.4. The summed E-state index contributed by atoms with van der Waals surface area (Å²) in [4.78, 5) is 13.2. The molecule has 3 aromatic rings. The van der Waals surface area contributed by atoms with Gasteiger partial charge >= 0.3 is 0 Å². The van der Waals surface area contributed by atoms with Crippen molar-refractivity contribution >= 4 is 28.6 Å². The summed E-state index contributed by atoms with van der Waals surface area (Å²) >= 11 is 1.67. The minimum Gasteiger partial charge on any atom is -0.369 e. The van der Waals surface area contributed by atoms with Gasteiger partial charge in [-0.1, -0.05) is 6.92 Å². The van der Waals surface area contributed by atoms with E-state index in [1.165, 1.54) is 0 Å². The van der Waals surface area contributed by atoms with E-state index >= 15 is 0 Å². The highest BCUT2D eigenvalue weighted by Gasteiger charge is 2.07. The Kier molecular flexibility index (Phi) is 4.30.